The Hall–Kier alpha value is -3.16. The van der Waals surface area contributed by atoms with E-state index in [9.17, 15) is 4.79 Å². The fraction of sp³-hybridized carbons (Fsp3) is 0.455. The molecule has 8 nitrogen and oxygen atoms in total. The van der Waals surface area contributed by atoms with Crippen LogP contribution < -0.4 is 9.64 Å². The summed E-state index contributed by atoms with van der Waals surface area (Å²) >= 11 is 0. The molecule has 30 heavy (non-hydrogen) atoms. The second kappa shape index (κ2) is 7.59. The molecule has 0 aliphatic carbocycles. The predicted octanol–water partition coefficient (Wildman–Crippen LogP) is 2.15. The van der Waals surface area contributed by atoms with E-state index in [-0.39, 0.29) is 17.7 Å². The van der Waals surface area contributed by atoms with E-state index >= 15 is 0 Å². The number of hydrogen-bond donors (Lipinski definition) is 0. The summed E-state index contributed by atoms with van der Waals surface area (Å²) in [6.07, 6.45) is 2.48. The molecule has 3 aromatic rings. The van der Waals surface area contributed by atoms with E-state index in [0.29, 0.717) is 6.61 Å². The lowest BCUT2D eigenvalue weighted by Gasteiger charge is -2.35. The second-order valence-corrected chi connectivity index (χ2v) is 8.33. The lowest BCUT2D eigenvalue weighted by atomic mass is 9.92. The third-order valence-corrected chi connectivity index (χ3v) is 6.13. The maximum atomic E-state index is 13.1. The normalized spacial score (nSPS) is 19.4. The first-order valence-electron chi connectivity index (χ1n) is 10.5. The number of hydrogen-bond acceptors (Lipinski definition) is 6. The highest BCUT2D eigenvalue weighted by Crippen LogP contribution is 2.31. The number of rotatable bonds is 3. The van der Waals surface area contributed by atoms with Gasteiger partial charge in [0.25, 0.3) is 0 Å². The number of likely N-dealkylation sites (tertiary alicyclic amines) is 1. The van der Waals surface area contributed by atoms with Gasteiger partial charge in [-0.05, 0) is 43.0 Å². The quantitative estimate of drug-likeness (QED) is 0.663. The number of carbonyl (C=O) groups is 1. The molecule has 0 bridgehead atoms. The first-order chi connectivity index (χ1) is 14.6. The zero-order chi connectivity index (χ0) is 20.7. The summed E-state index contributed by atoms with van der Waals surface area (Å²) < 4.78 is 7.68. The van der Waals surface area contributed by atoms with Gasteiger partial charge < -0.3 is 14.5 Å². The maximum Gasteiger partial charge on any atom is 0.229 e. The van der Waals surface area contributed by atoms with Crippen LogP contribution >= 0.6 is 0 Å². The van der Waals surface area contributed by atoms with Gasteiger partial charge in [-0.2, -0.15) is 4.52 Å². The number of carbonyl (C=O) groups excluding carboxylic acids is 1. The summed E-state index contributed by atoms with van der Waals surface area (Å²) in [6.45, 7) is 1.91. The molecule has 5 rings (SSSR count). The fourth-order valence-electron chi connectivity index (χ4n) is 4.39. The summed E-state index contributed by atoms with van der Waals surface area (Å²) in [6, 6.07) is 11.9. The van der Waals surface area contributed by atoms with Crippen molar-refractivity contribution in [2.45, 2.75) is 25.2 Å². The van der Waals surface area contributed by atoms with E-state index in [4.69, 9.17) is 4.74 Å². The Balaban J connectivity index is 1.26. The molecule has 1 saturated heterocycles. The molecule has 1 atom stereocenters. The molecule has 1 unspecified atom stereocenters. The number of para-hydroxylation sites is 1. The van der Waals surface area contributed by atoms with Crippen LogP contribution in [0.15, 0.2) is 36.4 Å². The molecular formula is C22H26N6O2. The highest BCUT2D eigenvalue weighted by Gasteiger charge is 2.33. The first-order valence-corrected chi connectivity index (χ1v) is 10.5. The summed E-state index contributed by atoms with van der Waals surface area (Å²) in [7, 11) is 3.94. The van der Waals surface area contributed by atoms with Gasteiger partial charge in [-0.3, -0.25) is 4.79 Å². The van der Waals surface area contributed by atoms with Crippen LogP contribution in [0.5, 0.6) is 5.75 Å². The van der Waals surface area contributed by atoms with E-state index < -0.39 is 0 Å². The van der Waals surface area contributed by atoms with Crippen molar-refractivity contribution in [2.75, 3.05) is 38.7 Å². The monoisotopic (exact) mass is 406 g/mol. The second-order valence-electron chi connectivity index (χ2n) is 8.33. The molecule has 1 aromatic carbocycles. The lowest BCUT2D eigenvalue weighted by molar-refractivity contribution is -0.138. The van der Waals surface area contributed by atoms with Crippen molar-refractivity contribution in [1.82, 2.24) is 24.7 Å². The highest BCUT2D eigenvalue weighted by atomic mass is 16.5. The smallest absolute Gasteiger partial charge is 0.229 e. The Morgan fingerprint density at radius 2 is 1.90 bits per heavy atom. The maximum absolute atomic E-state index is 13.1. The van der Waals surface area contributed by atoms with Gasteiger partial charge in [-0.25, -0.2) is 0 Å². The molecule has 1 fully saturated rings. The van der Waals surface area contributed by atoms with E-state index in [1.165, 1.54) is 0 Å². The Labute approximate surface area is 175 Å². The van der Waals surface area contributed by atoms with Gasteiger partial charge in [0.1, 0.15) is 18.2 Å². The zero-order valence-corrected chi connectivity index (χ0v) is 17.4. The van der Waals surface area contributed by atoms with Gasteiger partial charge in [0, 0.05) is 33.1 Å². The Bertz CT molecular complexity index is 1070. The van der Waals surface area contributed by atoms with Gasteiger partial charge in [0.2, 0.25) is 5.91 Å². The Morgan fingerprint density at radius 3 is 2.70 bits per heavy atom. The van der Waals surface area contributed by atoms with Crippen molar-refractivity contribution < 1.29 is 9.53 Å². The number of aromatic nitrogens is 4. The van der Waals surface area contributed by atoms with Gasteiger partial charge >= 0.3 is 0 Å². The minimum absolute atomic E-state index is 0.102. The minimum Gasteiger partial charge on any atom is -0.492 e. The average Bonchev–Trinajstić information content (AvgIpc) is 3.21. The summed E-state index contributed by atoms with van der Waals surface area (Å²) in [5.41, 5.74) is 1.88. The van der Waals surface area contributed by atoms with Crippen molar-refractivity contribution in [3.05, 3.63) is 47.8 Å². The molecule has 0 N–H and O–H groups in total. The molecule has 0 saturated carbocycles. The number of ether oxygens (including phenoxy) is 1. The van der Waals surface area contributed by atoms with Gasteiger partial charge in [0.05, 0.1) is 5.92 Å². The van der Waals surface area contributed by atoms with Crippen LogP contribution in [0.3, 0.4) is 0 Å². The predicted molar refractivity (Wildman–Crippen MR) is 113 cm³/mol. The van der Waals surface area contributed by atoms with Gasteiger partial charge in [-0.1, -0.05) is 18.2 Å². The molecule has 8 heteroatoms. The van der Waals surface area contributed by atoms with Crippen molar-refractivity contribution in [2.24, 2.45) is 5.92 Å². The zero-order valence-electron chi connectivity index (χ0n) is 17.4. The van der Waals surface area contributed by atoms with Crippen LogP contribution in [0.1, 0.15) is 30.1 Å². The van der Waals surface area contributed by atoms with Crippen LogP contribution in [0.2, 0.25) is 0 Å². The molecule has 156 valence electrons. The van der Waals surface area contributed by atoms with Crippen molar-refractivity contribution in [3.8, 4) is 5.75 Å². The molecule has 2 aliphatic rings. The van der Waals surface area contributed by atoms with Crippen LogP contribution in [-0.4, -0.2) is 64.4 Å². The number of nitrogens with zero attached hydrogens (tertiary/aromatic N) is 6. The molecule has 4 heterocycles. The Morgan fingerprint density at radius 1 is 1.10 bits per heavy atom. The number of amides is 1. The molecule has 0 radical (unpaired) electrons. The molecule has 2 aromatic heterocycles. The highest BCUT2D eigenvalue weighted by molar-refractivity contribution is 5.80. The van der Waals surface area contributed by atoms with E-state index in [0.717, 1.165) is 61.0 Å². The lowest BCUT2D eigenvalue weighted by Crippen LogP contribution is -2.44. The van der Waals surface area contributed by atoms with E-state index in [1.54, 1.807) is 0 Å². The Kier molecular flexibility index (Phi) is 4.77. The molecule has 1 amide bonds. The number of benzene rings is 1. The molecular weight excluding hydrogens is 380 g/mol. The van der Waals surface area contributed by atoms with Crippen LogP contribution in [0, 0.1) is 5.92 Å². The van der Waals surface area contributed by atoms with E-state index in [1.807, 2.05) is 64.8 Å². The number of anilines is 1. The minimum atomic E-state index is -0.102. The van der Waals surface area contributed by atoms with Crippen LogP contribution in [-0.2, 0) is 11.2 Å². The number of piperidine rings is 1. The SMILES string of the molecule is CN(C)c1ccc2nnc(C3CCN(C(=O)C4COc5ccccc5C4)CC3)n2n1. The van der Waals surface area contributed by atoms with Gasteiger partial charge in [0.15, 0.2) is 11.5 Å². The summed E-state index contributed by atoms with van der Waals surface area (Å²) in [5, 5.41) is 13.4. The van der Waals surface area contributed by atoms with E-state index in [2.05, 4.69) is 15.3 Å². The standard InChI is InChI=1S/C22H26N6O2/c1-26(2)20-8-7-19-23-24-21(28(19)25-20)15-9-11-27(12-10-15)22(29)17-13-16-5-3-4-6-18(16)30-14-17/h3-8,15,17H,9-14H2,1-2H3. The van der Waals surface area contributed by atoms with Gasteiger partial charge in [-0.15, -0.1) is 15.3 Å². The molecule has 2 aliphatic heterocycles. The fourth-order valence-corrected chi connectivity index (χ4v) is 4.39. The summed E-state index contributed by atoms with van der Waals surface area (Å²) in [5.74, 6) is 3.00. The summed E-state index contributed by atoms with van der Waals surface area (Å²) in [4.78, 5) is 17.0. The third kappa shape index (κ3) is 3.36. The topological polar surface area (TPSA) is 75.9 Å². The largest absolute Gasteiger partial charge is 0.492 e. The van der Waals surface area contributed by atoms with Crippen molar-refractivity contribution in [3.63, 3.8) is 0 Å². The van der Waals surface area contributed by atoms with Crippen LogP contribution in [0.25, 0.3) is 5.65 Å². The third-order valence-electron chi connectivity index (χ3n) is 6.13. The average molecular weight is 406 g/mol. The molecule has 0 spiro atoms. The van der Waals surface area contributed by atoms with Crippen LogP contribution in [0.4, 0.5) is 5.82 Å². The first kappa shape index (κ1) is 18.8. The van der Waals surface area contributed by atoms with Crippen molar-refractivity contribution >= 4 is 17.4 Å². The van der Waals surface area contributed by atoms with Crippen molar-refractivity contribution in [1.29, 1.82) is 0 Å². The number of fused-ring (bicyclic) bond motifs is 2.